The van der Waals surface area contributed by atoms with E-state index in [0.29, 0.717) is 30.1 Å². The Kier molecular flexibility index (Phi) is 8.39. The monoisotopic (exact) mass is 486 g/mol. The maximum atomic E-state index is 13.4. The Morgan fingerprint density at radius 1 is 1.15 bits per heavy atom. The number of likely N-dealkylation sites (N-methyl/N-ethyl adjacent to an activating group) is 1. The summed E-state index contributed by atoms with van der Waals surface area (Å²) >= 11 is 0. The van der Waals surface area contributed by atoms with Gasteiger partial charge in [0.1, 0.15) is 25.1 Å². The maximum Gasteiger partial charge on any atom is 0.425 e. The number of ether oxygens (including phenoxy) is 4. The smallest absolute Gasteiger partial charge is 0.425 e. The second-order valence-corrected chi connectivity index (χ2v) is 7.68. The van der Waals surface area contributed by atoms with Gasteiger partial charge in [-0.3, -0.25) is 0 Å². The first-order valence-corrected chi connectivity index (χ1v) is 10.7. The summed E-state index contributed by atoms with van der Waals surface area (Å²) in [7, 11) is 3.01. The molecule has 1 N–H and O–H groups in total. The van der Waals surface area contributed by atoms with Crippen LogP contribution >= 0.6 is 0 Å². The third kappa shape index (κ3) is 5.80. The van der Waals surface area contributed by atoms with E-state index < -0.39 is 18.4 Å². The van der Waals surface area contributed by atoms with Gasteiger partial charge in [-0.15, -0.1) is 0 Å². The number of amidine groups is 1. The zero-order chi connectivity index (χ0) is 24.9. The summed E-state index contributed by atoms with van der Waals surface area (Å²) in [4.78, 5) is 6.09. The number of aliphatic hydroxyl groups is 1. The minimum absolute atomic E-state index is 0.0512. The number of methoxy groups -OCH3 is 2. The van der Waals surface area contributed by atoms with Crippen LogP contribution in [0.5, 0.6) is 11.6 Å². The molecule has 1 aromatic carbocycles. The highest BCUT2D eigenvalue weighted by atomic mass is 19.4. The van der Waals surface area contributed by atoms with Crippen LogP contribution in [-0.4, -0.2) is 86.5 Å². The Bertz CT molecular complexity index is 998. The molecule has 0 radical (unpaired) electrons. The molecule has 1 aromatic heterocycles. The minimum atomic E-state index is -4.57. The summed E-state index contributed by atoms with van der Waals surface area (Å²) in [6.07, 6.45) is -5.68. The maximum absolute atomic E-state index is 13.4. The molecule has 2 aromatic rings. The lowest BCUT2D eigenvalue weighted by atomic mass is 10.1. The van der Waals surface area contributed by atoms with Crippen molar-refractivity contribution in [3.8, 4) is 11.6 Å². The van der Waals surface area contributed by atoms with Crippen molar-refractivity contribution in [3.05, 3.63) is 24.4 Å². The fraction of sp³-hybridized carbons (Fsp3) is 0.545. The van der Waals surface area contributed by atoms with E-state index in [2.05, 4.69) is 10.1 Å². The van der Waals surface area contributed by atoms with Gasteiger partial charge in [-0.1, -0.05) is 0 Å². The van der Waals surface area contributed by atoms with Gasteiger partial charge in [0.15, 0.2) is 11.9 Å². The topological polar surface area (TPSA) is 88.9 Å². The molecule has 1 aliphatic rings. The van der Waals surface area contributed by atoms with Crippen LogP contribution in [0.25, 0.3) is 10.8 Å². The fourth-order valence-electron chi connectivity index (χ4n) is 3.50. The number of fused-ring (bicyclic) bond motifs is 1. The van der Waals surface area contributed by atoms with E-state index >= 15 is 0 Å². The largest absolute Gasteiger partial charge is 0.480 e. The second-order valence-electron chi connectivity index (χ2n) is 7.68. The van der Waals surface area contributed by atoms with Gasteiger partial charge >= 0.3 is 6.18 Å². The van der Waals surface area contributed by atoms with E-state index in [9.17, 15) is 18.3 Å². The molecule has 0 fully saturated rings. The highest BCUT2D eigenvalue weighted by Crippen LogP contribution is 2.39. The first-order valence-electron chi connectivity index (χ1n) is 10.7. The first-order chi connectivity index (χ1) is 16.2. The number of aromatic nitrogens is 1. The molecule has 34 heavy (non-hydrogen) atoms. The Balaban J connectivity index is 2.10. The predicted molar refractivity (Wildman–Crippen MR) is 120 cm³/mol. The standard InChI is InChI=1S/C22H29F3N4O5/c1-5-28-13-29(27-19(28)10-30)16-8-15-6-7-26-21(34-17(11-31-3)12-32-4)20(15)18(9-16)33-14(2)22(23,24)25/h6-9,14,17,30H,5,10-13H2,1-4H3. The SMILES string of the molecule is CCN1CN(c2cc(OC(C)C(F)(F)F)c3c(OC(COC)COC)nccc3c2)N=C1CO. The molecule has 0 aliphatic carbocycles. The van der Waals surface area contributed by atoms with E-state index in [0.717, 1.165) is 6.92 Å². The van der Waals surface area contributed by atoms with Gasteiger partial charge < -0.3 is 29.0 Å². The highest BCUT2D eigenvalue weighted by Gasteiger charge is 2.38. The Morgan fingerprint density at radius 2 is 1.85 bits per heavy atom. The lowest BCUT2D eigenvalue weighted by Crippen LogP contribution is -2.32. The normalized spacial score (nSPS) is 15.3. The summed E-state index contributed by atoms with van der Waals surface area (Å²) in [6.45, 7) is 3.93. The molecule has 2 heterocycles. The minimum Gasteiger partial charge on any atom is -0.480 e. The van der Waals surface area contributed by atoms with Crippen molar-refractivity contribution in [3.63, 3.8) is 0 Å². The first kappa shape index (κ1) is 25.8. The van der Waals surface area contributed by atoms with Crippen LogP contribution in [-0.2, 0) is 9.47 Å². The third-order valence-corrected chi connectivity index (χ3v) is 5.25. The van der Waals surface area contributed by atoms with Gasteiger partial charge in [-0.25, -0.2) is 9.99 Å². The zero-order valence-corrected chi connectivity index (χ0v) is 19.5. The van der Waals surface area contributed by atoms with Gasteiger partial charge in [0.25, 0.3) is 0 Å². The van der Waals surface area contributed by atoms with E-state index in [-0.39, 0.29) is 36.8 Å². The van der Waals surface area contributed by atoms with Gasteiger partial charge in [0.05, 0.1) is 24.3 Å². The Labute approximate surface area is 195 Å². The second kappa shape index (κ2) is 11.1. The molecule has 3 rings (SSSR count). The molecule has 1 atom stereocenters. The quantitative estimate of drug-likeness (QED) is 0.519. The average molecular weight is 486 g/mol. The lowest BCUT2D eigenvalue weighted by Gasteiger charge is -2.24. The van der Waals surface area contributed by atoms with Crippen LogP contribution in [0.15, 0.2) is 29.5 Å². The van der Waals surface area contributed by atoms with E-state index in [1.807, 2.05) is 11.8 Å². The number of hydrogen-bond donors (Lipinski definition) is 1. The third-order valence-electron chi connectivity index (χ3n) is 5.25. The Morgan fingerprint density at radius 3 is 2.41 bits per heavy atom. The number of nitrogens with zero attached hydrogens (tertiary/aromatic N) is 4. The molecular weight excluding hydrogens is 457 g/mol. The number of pyridine rings is 1. The van der Waals surface area contributed by atoms with Crippen LogP contribution in [0.3, 0.4) is 0 Å². The van der Waals surface area contributed by atoms with Gasteiger partial charge in [-0.2, -0.15) is 18.3 Å². The molecule has 188 valence electrons. The van der Waals surface area contributed by atoms with E-state index in [1.165, 1.54) is 26.5 Å². The number of anilines is 1. The van der Waals surface area contributed by atoms with Crippen molar-refractivity contribution in [2.45, 2.75) is 32.2 Å². The van der Waals surface area contributed by atoms with Crippen molar-refractivity contribution in [1.82, 2.24) is 9.88 Å². The summed E-state index contributed by atoms with van der Waals surface area (Å²) in [5, 5.41) is 16.4. The van der Waals surface area contributed by atoms with E-state index in [1.54, 1.807) is 17.1 Å². The molecule has 0 bridgehead atoms. The van der Waals surface area contributed by atoms with Gasteiger partial charge in [0.2, 0.25) is 5.88 Å². The van der Waals surface area contributed by atoms with Gasteiger partial charge in [-0.05, 0) is 31.4 Å². The van der Waals surface area contributed by atoms with Crippen molar-refractivity contribution in [2.24, 2.45) is 5.10 Å². The zero-order valence-electron chi connectivity index (χ0n) is 19.5. The molecular formula is C22H29F3N4O5. The van der Waals surface area contributed by atoms with Crippen LogP contribution in [0.1, 0.15) is 13.8 Å². The Hall–Kier alpha value is -2.83. The number of hydrazone groups is 1. The number of rotatable bonds is 11. The van der Waals surface area contributed by atoms with Crippen molar-refractivity contribution in [2.75, 3.05) is 52.3 Å². The highest BCUT2D eigenvalue weighted by molar-refractivity contribution is 5.96. The number of aliphatic hydroxyl groups excluding tert-OH is 1. The molecule has 1 aliphatic heterocycles. The average Bonchev–Trinajstić information content (AvgIpc) is 3.22. The molecule has 0 spiro atoms. The molecule has 12 heteroatoms. The van der Waals surface area contributed by atoms with Crippen LogP contribution < -0.4 is 14.5 Å². The van der Waals surface area contributed by atoms with Crippen LogP contribution in [0.4, 0.5) is 18.9 Å². The summed E-state index contributed by atoms with van der Waals surface area (Å²) in [6, 6.07) is 4.88. The predicted octanol–water partition coefficient (Wildman–Crippen LogP) is 3.01. The summed E-state index contributed by atoms with van der Waals surface area (Å²) < 4.78 is 61.7. The lowest BCUT2D eigenvalue weighted by molar-refractivity contribution is -0.189. The van der Waals surface area contributed by atoms with E-state index in [4.69, 9.17) is 18.9 Å². The van der Waals surface area contributed by atoms with Gasteiger partial charge in [0, 0.05) is 33.0 Å². The molecule has 9 nitrogen and oxygen atoms in total. The molecule has 0 amide bonds. The van der Waals surface area contributed by atoms with Crippen molar-refractivity contribution >= 4 is 22.3 Å². The molecule has 0 saturated carbocycles. The fourth-order valence-corrected chi connectivity index (χ4v) is 3.50. The summed E-state index contributed by atoms with van der Waals surface area (Å²) in [5.74, 6) is 0.517. The molecule has 1 unspecified atom stereocenters. The van der Waals surface area contributed by atoms with Crippen LogP contribution in [0.2, 0.25) is 0 Å². The number of alkyl halides is 3. The molecule has 0 saturated heterocycles. The summed E-state index contributed by atoms with van der Waals surface area (Å²) in [5.41, 5.74) is 0.501. The van der Waals surface area contributed by atoms with Crippen molar-refractivity contribution in [1.29, 1.82) is 0 Å². The van der Waals surface area contributed by atoms with Crippen LogP contribution in [0, 0.1) is 0 Å². The number of benzene rings is 1. The van der Waals surface area contributed by atoms with Crippen molar-refractivity contribution < 1.29 is 37.2 Å². The number of halogens is 3. The number of hydrogen-bond acceptors (Lipinski definition) is 9.